The Bertz CT molecular complexity index is 584. The van der Waals surface area contributed by atoms with Gasteiger partial charge in [-0.1, -0.05) is 11.6 Å². The van der Waals surface area contributed by atoms with E-state index in [1.165, 1.54) is 0 Å². The monoisotopic (exact) mass is 325 g/mol. The average molecular weight is 326 g/mol. The second-order valence-corrected chi connectivity index (χ2v) is 6.42. The first-order valence-corrected chi connectivity index (χ1v) is 7.90. The Morgan fingerprint density at radius 1 is 1.45 bits per heavy atom. The van der Waals surface area contributed by atoms with Crippen molar-refractivity contribution in [3.8, 4) is 0 Å². The van der Waals surface area contributed by atoms with E-state index in [9.17, 15) is 9.59 Å². The molecule has 1 atom stereocenters. The number of likely N-dealkylation sites (tertiary alicyclic amines) is 1. The molecule has 1 aliphatic carbocycles. The third kappa shape index (κ3) is 3.52. The van der Waals surface area contributed by atoms with Crippen LogP contribution in [-0.2, 0) is 18.4 Å². The zero-order valence-electron chi connectivity index (χ0n) is 12.5. The van der Waals surface area contributed by atoms with Gasteiger partial charge in [0.25, 0.3) is 0 Å². The maximum absolute atomic E-state index is 11.8. The summed E-state index contributed by atoms with van der Waals surface area (Å²) in [6.45, 7) is 1.55. The lowest BCUT2D eigenvalue weighted by Gasteiger charge is -2.15. The second-order valence-electron chi connectivity index (χ2n) is 6.01. The summed E-state index contributed by atoms with van der Waals surface area (Å²) in [5, 5.41) is 10.2. The number of aryl methyl sites for hydroxylation is 1. The molecule has 0 bridgehead atoms. The van der Waals surface area contributed by atoms with E-state index in [0.717, 1.165) is 19.4 Å². The number of halogens is 1. The second kappa shape index (κ2) is 6.16. The molecule has 22 heavy (non-hydrogen) atoms. The Kier molecular flexibility index (Phi) is 4.24. The smallest absolute Gasteiger partial charge is 0.315 e. The third-order valence-electron chi connectivity index (χ3n) is 4.05. The zero-order valence-corrected chi connectivity index (χ0v) is 13.3. The third-order valence-corrected chi connectivity index (χ3v) is 4.36. The van der Waals surface area contributed by atoms with Crippen molar-refractivity contribution in [2.75, 3.05) is 13.1 Å². The predicted octanol–water partition coefficient (Wildman–Crippen LogP) is 0.884. The van der Waals surface area contributed by atoms with Gasteiger partial charge in [0.15, 0.2) is 0 Å². The van der Waals surface area contributed by atoms with Crippen molar-refractivity contribution in [1.29, 1.82) is 0 Å². The van der Waals surface area contributed by atoms with Crippen molar-refractivity contribution in [2.45, 2.75) is 31.8 Å². The van der Waals surface area contributed by atoms with E-state index >= 15 is 0 Å². The molecular formula is C14H20ClN5O2. The SMILES string of the molecule is Cn1cc(Cl)c(CNC(=O)NCC2CC(=O)N(C3CC3)C2)n1. The van der Waals surface area contributed by atoms with Crippen LogP contribution >= 0.6 is 11.6 Å². The molecule has 0 spiro atoms. The molecule has 1 aromatic rings. The Hall–Kier alpha value is -1.76. The molecule has 0 radical (unpaired) electrons. The van der Waals surface area contributed by atoms with Crippen molar-refractivity contribution < 1.29 is 9.59 Å². The van der Waals surface area contributed by atoms with Gasteiger partial charge in [0.05, 0.1) is 11.6 Å². The highest BCUT2D eigenvalue weighted by Gasteiger charge is 2.39. The summed E-state index contributed by atoms with van der Waals surface area (Å²) in [6.07, 6.45) is 4.46. The highest BCUT2D eigenvalue weighted by Crippen LogP contribution is 2.32. The quantitative estimate of drug-likeness (QED) is 0.843. The van der Waals surface area contributed by atoms with Gasteiger partial charge in [0.1, 0.15) is 5.69 Å². The maximum atomic E-state index is 11.8. The van der Waals surface area contributed by atoms with E-state index in [1.807, 2.05) is 4.90 Å². The average Bonchev–Trinajstić information content (AvgIpc) is 3.16. The normalized spacial score (nSPS) is 21.3. The number of hydrogen-bond acceptors (Lipinski definition) is 3. The number of nitrogens with zero attached hydrogens (tertiary/aromatic N) is 3. The summed E-state index contributed by atoms with van der Waals surface area (Å²) in [5.41, 5.74) is 0.635. The van der Waals surface area contributed by atoms with Crippen LogP contribution in [0, 0.1) is 5.92 Å². The van der Waals surface area contributed by atoms with Crippen molar-refractivity contribution in [2.24, 2.45) is 13.0 Å². The molecule has 0 aromatic carbocycles. The highest BCUT2D eigenvalue weighted by molar-refractivity contribution is 6.31. The lowest BCUT2D eigenvalue weighted by atomic mass is 10.1. The molecule has 1 saturated carbocycles. The number of rotatable bonds is 5. The minimum Gasteiger partial charge on any atom is -0.339 e. The van der Waals surface area contributed by atoms with Gasteiger partial charge in [-0.05, 0) is 12.8 Å². The van der Waals surface area contributed by atoms with Crippen LogP contribution in [0.3, 0.4) is 0 Å². The van der Waals surface area contributed by atoms with Gasteiger partial charge < -0.3 is 15.5 Å². The summed E-state index contributed by atoms with van der Waals surface area (Å²) >= 11 is 5.98. The molecule has 2 N–H and O–H groups in total. The summed E-state index contributed by atoms with van der Waals surface area (Å²) in [7, 11) is 1.78. The van der Waals surface area contributed by atoms with Crippen molar-refractivity contribution in [3.05, 3.63) is 16.9 Å². The van der Waals surface area contributed by atoms with Gasteiger partial charge in [-0.3, -0.25) is 9.48 Å². The van der Waals surface area contributed by atoms with Crippen molar-refractivity contribution in [3.63, 3.8) is 0 Å². The minimum atomic E-state index is -0.265. The van der Waals surface area contributed by atoms with Gasteiger partial charge >= 0.3 is 6.03 Å². The number of hydrogen-bond donors (Lipinski definition) is 2. The number of amides is 3. The topological polar surface area (TPSA) is 79.3 Å². The fourth-order valence-electron chi connectivity index (χ4n) is 2.77. The van der Waals surface area contributed by atoms with E-state index < -0.39 is 0 Å². The van der Waals surface area contributed by atoms with Crippen LogP contribution in [0.25, 0.3) is 0 Å². The molecule has 7 nitrogen and oxygen atoms in total. The number of carbonyl (C=O) groups excluding carboxylic acids is 2. The molecule has 2 fully saturated rings. The fraction of sp³-hybridized carbons (Fsp3) is 0.643. The van der Waals surface area contributed by atoms with Crippen molar-refractivity contribution >= 4 is 23.5 Å². The molecule has 2 aliphatic rings. The van der Waals surface area contributed by atoms with E-state index in [2.05, 4.69) is 15.7 Å². The standard InChI is InChI=1S/C14H20ClN5O2/c1-19-8-11(15)12(18-19)6-17-14(22)16-5-9-4-13(21)20(7-9)10-2-3-10/h8-10H,2-7H2,1H3,(H2,16,17,22). The molecule has 8 heteroatoms. The van der Waals surface area contributed by atoms with E-state index in [0.29, 0.717) is 29.7 Å². The van der Waals surface area contributed by atoms with Gasteiger partial charge in [-0.25, -0.2) is 4.79 Å². The summed E-state index contributed by atoms with van der Waals surface area (Å²) in [4.78, 5) is 25.6. The summed E-state index contributed by atoms with van der Waals surface area (Å²) < 4.78 is 1.61. The van der Waals surface area contributed by atoms with Crippen LogP contribution in [-0.4, -0.2) is 45.8 Å². The first-order chi connectivity index (χ1) is 10.5. The minimum absolute atomic E-state index is 0.206. The predicted molar refractivity (Wildman–Crippen MR) is 81.3 cm³/mol. The number of aromatic nitrogens is 2. The largest absolute Gasteiger partial charge is 0.339 e. The first-order valence-electron chi connectivity index (χ1n) is 7.52. The van der Waals surface area contributed by atoms with E-state index in [1.54, 1.807) is 17.9 Å². The molecule has 2 heterocycles. The molecule has 3 amide bonds. The van der Waals surface area contributed by atoms with Gasteiger partial charge in [0.2, 0.25) is 5.91 Å². The van der Waals surface area contributed by atoms with Gasteiger partial charge in [-0.2, -0.15) is 5.10 Å². The first kappa shape index (κ1) is 15.1. The van der Waals surface area contributed by atoms with Crippen LogP contribution in [0.2, 0.25) is 5.02 Å². The Balaban J connectivity index is 1.39. The highest BCUT2D eigenvalue weighted by atomic mass is 35.5. The molecule has 1 aliphatic heterocycles. The summed E-state index contributed by atoms with van der Waals surface area (Å²) in [6, 6.07) is 0.191. The molecular weight excluding hydrogens is 306 g/mol. The lowest BCUT2D eigenvalue weighted by molar-refractivity contribution is -0.128. The van der Waals surface area contributed by atoms with Crippen LogP contribution in [0.15, 0.2) is 6.20 Å². The van der Waals surface area contributed by atoms with E-state index in [4.69, 9.17) is 11.6 Å². The van der Waals surface area contributed by atoms with Crippen LogP contribution in [0.4, 0.5) is 4.79 Å². The molecule has 120 valence electrons. The fourth-order valence-corrected chi connectivity index (χ4v) is 3.02. The number of carbonyl (C=O) groups is 2. The molecule has 3 rings (SSSR count). The summed E-state index contributed by atoms with van der Waals surface area (Å²) in [5.74, 6) is 0.423. The Morgan fingerprint density at radius 3 is 2.86 bits per heavy atom. The van der Waals surface area contributed by atoms with Crippen LogP contribution in [0.5, 0.6) is 0 Å². The van der Waals surface area contributed by atoms with E-state index in [-0.39, 0.29) is 24.4 Å². The molecule has 1 aromatic heterocycles. The van der Waals surface area contributed by atoms with Crippen LogP contribution < -0.4 is 10.6 Å². The molecule has 1 unspecified atom stereocenters. The van der Waals surface area contributed by atoms with Crippen LogP contribution in [0.1, 0.15) is 25.0 Å². The van der Waals surface area contributed by atoms with Crippen molar-refractivity contribution in [1.82, 2.24) is 25.3 Å². The number of urea groups is 1. The van der Waals surface area contributed by atoms with Gasteiger partial charge in [0, 0.05) is 44.7 Å². The van der Waals surface area contributed by atoms with Gasteiger partial charge in [-0.15, -0.1) is 0 Å². The Labute approximate surface area is 134 Å². The Morgan fingerprint density at radius 2 is 2.23 bits per heavy atom. The maximum Gasteiger partial charge on any atom is 0.315 e. The number of nitrogens with one attached hydrogen (secondary N) is 2. The zero-order chi connectivity index (χ0) is 15.7. The molecule has 1 saturated heterocycles. The lowest BCUT2D eigenvalue weighted by Crippen LogP contribution is -2.38.